The van der Waals surface area contributed by atoms with Crippen molar-refractivity contribution in [1.29, 1.82) is 0 Å². The molecule has 0 radical (unpaired) electrons. The molecule has 0 fully saturated rings. The van der Waals surface area contributed by atoms with Gasteiger partial charge in [-0.25, -0.2) is 0 Å². The second-order valence-electron chi connectivity index (χ2n) is 4.01. The summed E-state index contributed by atoms with van der Waals surface area (Å²) in [4.78, 5) is 0.166. The Hall–Kier alpha value is -1.07. The summed E-state index contributed by atoms with van der Waals surface area (Å²) >= 11 is 0. The van der Waals surface area contributed by atoms with Gasteiger partial charge in [-0.3, -0.25) is 4.18 Å². The second-order valence-corrected chi connectivity index (χ2v) is 5.63. The molecule has 0 aliphatic heterocycles. The highest BCUT2D eigenvalue weighted by molar-refractivity contribution is 7.86. The normalized spacial score (nSPS) is 11.4. The Kier molecular flexibility index (Phi) is 6.15. The number of unbranched alkanes of at least 4 members (excludes halogenated alkanes) is 3. The molecule has 1 aromatic rings. The zero-order valence-electron chi connectivity index (χ0n) is 10.9. The topological polar surface area (TPSA) is 52.6 Å². The highest BCUT2D eigenvalue weighted by atomic mass is 32.2. The Bertz CT molecular complexity index is 437. The number of ether oxygens (including phenoxy) is 1. The van der Waals surface area contributed by atoms with Crippen molar-refractivity contribution in [2.45, 2.75) is 37.5 Å². The first-order valence-electron chi connectivity index (χ1n) is 6.13. The van der Waals surface area contributed by atoms with Crippen LogP contribution in [0.25, 0.3) is 0 Å². The van der Waals surface area contributed by atoms with E-state index in [0.29, 0.717) is 5.75 Å². The van der Waals surface area contributed by atoms with Crippen LogP contribution in [0.3, 0.4) is 0 Å². The van der Waals surface area contributed by atoms with Crippen LogP contribution >= 0.6 is 0 Å². The molecule has 0 atom stereocenters. The smallest absolute Gasteiger partial charge is 0.296 e. The molecule has 0 unspecified atom stereocenters. The minimum atomic E-state index is -3.63. The van der Waals surface area contributed by atoms with E-state index in [4.69, 9.17) is 8.92 Å². The summed E-state index contributed by atoms with van der Waals surface area (Å²) in [6, 6.07) is 6.18. The molecule has 0 N–H and O–H groups in total. The predicted octanol–water partition coefficient (Wildman–Crippen LogP) is 2.98. The number of hydrogen-bond acceptors (Lipinski definition) is 4. The molecule has 1 rings (SSSR count). The van der Waals surface area contributed by atoms with E-state index in [0.717, 1.165) is 25.7 Å². The van der Waals surface area contributed by atoms with E-state index in [-0.39, 0.29) is 11.5 Å². The molecule has 4 nitrogen and oxygen atoms in total. The Morgan fingerprint density at radius 3 is 2.28 bits per heavy atom. The van der Waals surface area contributed by atoms with E-state index < -0.39 is 10.1 Å². The summed E-state index contributed by atoms with van der Waals surface area (Å²) in [5.74, 6) is 0.622. The van der Waals surface area contributed by atoms with E-state index in [1.165, 1.54) is 19.2 Å². The fraction of sp³-hybridized carbons (Fsp3) is 0.538. The third kappa shape index (κ3) is 4.66. The third-order valence-electron chi connectivity index (χ3n) is 2.58. The molecular weight excluding hydrogens is 252 g/mol. The van der Waals surface area contributed by atoms with E-state index in [2.05, 4.69) is 6.92 Å². The average Bonchev–Trinajstić information content (AvgIpc) is 2.38. The summed E-state index contributed by atoms with van der Waals surface area (Å²) < 4.78 is 33.5. The van der Waals surface area contributed by atoms with Gasteiger partial charge in [0.25, 0.3) is 10.1 Å². The highest BCUT2D eigenvalue weighted by Gasteiger charge is 2.14. The van der Waals surface area contributed by atoms with Gasteiger partial charge in [0, 0.05) is 0 Å². The summed E-state index contributed by atoms with van der Waals surface area (Å²) in [6.07, 6.45) is 3.98. The largest absolute Gasteiger partial charge is 0.497 e. The van der Waals surface area contributed by atoms with Crippen LogP contribution in [0.1, 0.15) is 32.6 Å². The molecule has 0 spiro atoms. The molecule has 0 amide bonds. The molecule has 0 saturated heterocycles. The first-order chi connectivity index (χ1) is 8.60. The van der Waals surface area contributed by atoms with Crippen molar-refractivity contribution in [2.24, 2.45) is 0 Å². The molecule has 0 aromatic heterocycles. The van der Waals surface area contributed by atoms with Crippen LogP contribution in [-0.4, -0.2) is 22.1 Å². The van der Waals surface area contributed by atoms with Crippen molar-refractivity contribution in [3.05, 3.63) is 24.3 Å². The molecule has 0 aliphatic rings. The lowest BCUT2D eigenvalue weighted by Gasteiger charge is -2.06. The van der Waals surface area contributed by atoms with Gasteiger partial charge in [-0.15, -0.1) is 0 Å². The standard InChI is InChI=1S/C13H20O4S/c1-3-4-5-6-11-17-18(14,15)13-9-7-12(16-2)8-10-13/h7-10H,3-6,11H2,1-2H3. The number of benzene rings is 1. The van der Waals surface area contributed by atoms with Crippen LogP contribution in [0.15, 0.2) is 29.2 Å². The third-order valence-corrected chi connectivity index (χ3v) is 3.91. The van der Waals surface area contributed by atoms with Crippen molar-refractivity contribution >= 4 is 10.1 Å². The summed E-state index contributed by atoms with van der Waals surface area (Å²) in [5, 5.41) is 0. The summed E-state index contributed by atoms with van der Waals surface area (Å²) in [7, 11) is -2.09. The van der Waals surface area contributed by atoms with Crippen LogP contribution in [0.5, 0.6) is 5.75 Å². The van der Waals surface area contributed by atoms with Gasteiger partial charge in [0.2, 0.25) is 0 Å². The van der Waals surface area contributed by atoms with E-state index in [1.54, 1.807) is 12.1 Å². The maximum atomic E-state index is 11.8. The number of methoxy groups -OCH3 is 1. The van der Waals surface area contributed by atoms with Crippen molar-refractivity contribution in [1.82, 2.24) is 0 Å². The zero-order chi connectivity index (χ0) is 13.4. The summed E-state index contributed by atoms with van der Waals surface area (Å²) in [6.45, 7) is 2.35. The van der Waals surface area contributed by atoms with Gasteiger partial charge < -0.3 is 4.74 Å². The van der Waals surface area contributed by atoms with Gasteiger partial charge in [0.15, 0.2) is 0 Å². The monoisotopic (exact) mass is 272 g/mol. The van der Waals surface area contributed by atoms with E-state index in [1.807, 2.05) is 0 Å². The number of hydrogen-bond donors (Lipinski definition) is 0. The fourth-order valence-electron chi connectivity index (χ4n) is 1.51. The molecule has 102 valence electrons. The predicted molar refractivity (Wildman–Crippen MR) is 70.3 cm³/mol. The Labute approximate surface area is 109 Å². The Morgan fingerprint density at radius 1 is 1.06 bits per heavy atom. The Balaban J connectivity index is 2.51. The van der Waals surface area contributed by atoms with Gasteiger partial charge in [0.05, 0.1) is 18.6 Å². The second kappa shape index (κ2) is 7.38. The number of rotatable bonds is 8. The fourth-order valence-corrected chi connectivity index (χ4v) is 2.45. The zero-order valence-corrected chi connectivity index (χ0v) is 11.7. The van der Waals surface area contributed by atoms with E-state index >= 15 is 0 Å². The maximum absolute atomic E-state index is 11.8. The molecule has 0 aliphatic carbocycles. The van der Waals surface area contributed by atoms with Crippen LogP contribution in [0, 0.1) is 0 Å². The lowest BCUT2D eigenvalue weighted by molar-refractivity contribution is 0.307. The molecule has 0 bridgehead atoms. The average molecular weight is 272 g/mol. The minimum Gasteiger partial charge on any atom is -0.497 e. The van der Waals surface area contributed by atoms with Gasteiger partial charge in [0.1, 0.15) is 5.75 Å². The first kappa shape index (κ1) is 15.0. The summed E-state index contributed by atoms with van der Waals surface area (Å²) in [5.41, 5.74) is 0. The van der Waals surface area contributed by atoms with Crippen molar-refractivity contribution in [2.75, 3.05) is 13.7 Å². The van der Waals surface area contributed by atoms with Crippen molar-refractivity contribution in [3.63, 3.8) is 0 Å². The van der Waals surface area contributed by atoms with Crippen molar-refractivity contribution in [3.8, 4) is 5.75 Å². The SMILES string of the molecule is CCCCCCOS(=O)(=O)c1ccc(OC)cc1. The van der Waals surface area contributed by atoms with Crippen LogP contribution in [0.4, 0.5) is 0 Å². The molecule has 0 saturated carbocycles. The quantitative estimate of drug-likeness (QED) is 0.539. The maximum Gasteiger partial charge on any atom is 0.296 e. The van der Waals surface area contributed by atoms with Gasteiger partial charge >= 0.3 is 0 Å². The van der Waals surface area contributed by atoms with E-state index in [9.17, 15) is 8.42 Å². The van der Waals surface area contributed by atoms with Crippen molar-refractivity contribution < 1.29 is 17.3 Å². The van der Waals surface area contributed by atoms with Crippen LogP contribution in [0.2, 0.25) is 0 Å². The van der Waals surface area contributed by atoms with Gasteiger partial charge in [-0.2, -0.15) is 8.42 Å². The van der Waals surface area contributed by atoms with Crippen LogP contribution < -0.4 is 4.74 Å². The molecule has 18 heavy (non-hydrogen) atoms. The molecule has 1 aromatic carbocycles. The minimum absolute atomic E-state index is 0.166. The lowest BCUT2D eigenvalue weighted by atomic mass is 10.2. The van der Waals surface area contributed by atoms with Crippen LogP contribution in [-0.2, 0) is 14.3 Å². The van der Waals surface area contributed by atoms with Gasteiger partial charge in [-0.1, -0.05) is 26.2 Å². The lowest BCUT2D eigenvalue weighted by Crippen LogP contribution is -2.07. The van der Waals surface area contributed by atoms with Gasteiger partial charge in [-0.05, 0) is 30.7 Å². The Morgan fingerprint density at radius 2 is 1.72 bits per heavy atom. The first-order valence-corrected chi connectivity index (χ1v) is 7.54. The highest BCUT2D eigenvalue weighted by Crippen LogP contribution is 2.17. The molecular formula is C13H20O4S. The molecule has 0 heterocycles. The molecule has 5 heteroatoms.